The minimum atomic E-state index is 0.660. The number of ether oxygens (including phenoxy) is 1. The zero-order valence-electron chi connectivity index (χ0n) is 9.43. The molecule has 0 aliphatic rings. The second-order valence-corrected chi connectivity index (χ2v) is 4.80. The van der Waals surface area contributed by atoms with Gasteiger partial charge in [0.25, 0.3) is 0 Å². The molecule has 0 aliphatic heterocycles. The first kappa shape index (κ1) is 12.0. The minimum Gasteiger partial charge on any atom is -0.497 e. The number of hydrogen-bond acceptors (Lipinski definition) is 5. The Morgan fingerprint density at radius 3 is 2.59 bits per heavy atom. The molecular formula is C12H10N2OS2. The molecule has 2 aromatic rings. The molecule has 0 N–H and O–H groups in total. The fourth-order valence-corrected chi connectivity index (χ4v) is 3.02. The summed E-state index contributed by atoms with van der Waals surface area (Å²) in [4.78, 5) is 0.916. The standard InChI is InChI=1S/C12H10N2OS2/c1-15-9-5-3-8(4-6-9)11-10(7-13)12(16-2)14-17-11/h3-6H,1-2H3. The van der Waals surface area contributed by atoms with Gasteiger partial charge in [-0.3, -0.25) is 0 Å². The van der Waals surface area contributed by atoms with Crippen molar-refractivity contribution in [3.63, 3.8) is 0 Å². The van der Waals surface area contributed by atoms with Crippen molar-refractivity contribution in [2.45, 2.75) is 5.03 Å². The van der Waals surface area contributed by atoms with Gasteiger partial charge < -0.3 is 4.74 Å². The van der Waals surface area contributed by atoms with Gasteiger partial charge >= 0.3 is 0 Å². The molecule has 0 radical (unpaired) electrons. The number of aromatic nitrogens is 1. The summed E-state index contributed by atoms with van der Waals surface area (Å²) in [5.41, 5.74) is 1.66. The lowest BCUT2D eigenvalue weighted by Crippen LogP contribution is -1.83. The van der Waals surface area contributed by atoms with Gasteiger partial charge in [0.15, 0.2) is 0 Å². The fourth-order valence-electron chi connectivity index (χ4n) is 1.45. The van der Waals surface area contributed by atoms with Gasteiger partial charge in [-0.2, -0.15) is 9.64 Å². The maximum atomic E-state index is 9.16. The van der Waals surface area contributed by atoms with Crippen LogP contribution >= 0.6 is 23.3 Å². The Morgan fingerprint density at radius 2 is 2.06 bits per heavy atom. The van der Waals surface area contributed by atoms with E-state index < -0.39 is 0 Å². The molecule has 0 amide bonds. The van der Waals surface area contributed by atoms with Gasteiger partial charge in [0.2, 0.25) is 0 Å². The van der Waals surface area contributed by atoms with Crippen LogP contribution in [0.25, 0.3) is 10.4 Å². The normalized spacial score (nSPS) is 9.94. The molecule has 3 nitrogen and oxygen atoms in total. The first-order chi connectivity index (χ1) is 8.30. The minimum absolute atomic E-state index is 0.660. The van der Waals surface area contributed by atoms with Crippen molar-refractivity contribution in [2.24, 2.45) is 0 Å². The summed E-state index contributed by atoms with van der Waals surface area (Å²) >= 11 is 2.85. The summed E-state index contributed by atoms with van der Waals surface area (Å²) in [7, 11) is 1.63. The number of hydrogen-bond donors (Lipinski definition) is 0. The number of nitriles is 1. The number of methoxy groups -OCH3 is 1. The van der Waals surface area contributed by atoms with E-state index in [0.717, 1.165) is 21.2 Å². The molecule has 5 heteroatoms. The Bertz CT molecular complexity index is 555. The Labute approximate surface area is 108 Å². The molecule has 0 unspecified atom stereocenters. The van der Waals surface area contributed by atoms with Crippen molar-refractivity contribution in [3.05, 3.63) is 29.8 Å². The van der Waals surface area contributed by atoms with Crippen LogP contribution in [-0.2, 0) is 0 Å². The highest BCUT2D eigenvalue weighted by Gasteiger charge is 2.14. The molecular weight excluding hydrogens is 252 g/mol. The van der Waals surface area contributed by atoms with E-state index in [0.29, 0.717) is 5.56 Å². The Morgan fingerprint density at radius 1 is 1.35 bits per heavy atom. The van der Waals surface area contributed by atoms with Crippen LogP contribution in [0.15, 0.2) is 29.3 Å². The highest BCUT2D eigenvalue weighted by molar-refractivity contribution is 7.98. The summed E-state index contributed by atoms with van der Waals surface area (Å²) in [5, 5.41) is 9.95. The van der Waals surface area contributed by atoms with E-state index in [1.165, 1.54) is 23.3 Å². The predicted molar refractivity (Wildman–Crippen MR) is 70.6 cm³/mol. The van der Waals surface area contributed by atoms with Gasteiger partial charge in [-0.25, -0.2) is 0 Å². The number of benzene rings is 1. The lowest BCUT2D eigenvalue weighted by atomic mass is 10.1. The van der Waals surface area contributed by atoms with Crippen molar-refractivity contribution in [3.8, 4) is 22.3 Å². The summed E-state index contributed by atoms with van der Waals surface area (Å²) in [6.45, 7) is 0. The van der Waals surface area contributed by atoms with Gasteiger partial charge in [-0.1, -0.05) is 0 Å². The summed E-state index contributed by atoms with van der Waals surface area (Å²) in [6.07, 6.45) is 1.92. The second kappa shape index (κ2) is 5.21. The van der Waals surface area contributed by atoms with Gasteiger partial charge in [-0.15, -0.1) is 11.8 Å². The van der Waals surface area contributed by atoms with Crippen molar-refractivity contribution in [2.75, 3.05) is 13.4 Å². The number of thioether (sulfide) groups is 1. The first-order valence-electron chi connectivity index (χ1n) is 4.88. The Hall–Kier alpha value is -1.51. The summed E-state index contributed by atoms with van der Waals surface area (Å²) in [6, 6.07) is 9.87. The molecule has 0 atom stereocenters. The topological polar surface area (TPSA) is 45.9 Å². The molecule has 1 aromatic heterocycles. The molecule has 0 spiro atoms. The molecule has 17 heavy (non-hydrogen) atoms. The van der Waals surface area contributed by atoms with Gasteiger partial charge in [0, 0.05) is 0 Å². The molecule has 0 fully saturated rings. The van der Waals surface area contributed by atoms with Crippen LogP contribution in [0.3, 0.4) is 0 Å². The van der Waals surface area contributed by atoms with Crippen molar-refractivity contribution < 1.29 is 4.74 Å². The maximum absolute atomic E-state index is 9.16. The van der Waals surface area contributed by atoms with Crippen LogP contribution in [0.1, 0.15) is 5.56 Å². The van der Waals surface area contributed by atoms with Gasteiger partial charge in [0.1, 0.15) is 22.4 Å². The van der Waals surface area contributed by atoms with Crippen LogP contribution in [0, 0.1) is 11.3 Å². The zero-order chi connectivity index (χ0) is 12.3. The quantitative estimate of drug-likeness (QED) is 0.795. The summed E-state index contributed by atoms with van der Waals surface area (Å²) < 4.78 is 9.38. The molecule has 0 bridgehead atoms. The lowest BCUT2D eigenvalue weighted by molar-refractivity contribution is 0.415. The molecule has 0 aliphatic carbocycles. The number of nitrogens with zero attached hydrogens (tertiary/aromatic N) is 2. The zero-order valence-corrected chi connectivity index (χ0v) is 11.1. The third-order valence-corrected chi connectivity index (χ3v) is 4.01. The summed E-state index contributed by atoms with van der Waals surface area (Å²) in [5.74, 6) is 0.807. The Balaban J connectivity index is 2.46. The molecule has 2 rings (SSSR count). The van der Waals surface area contributed by atoms with Crippen molar-refractivity contribution >= 4 is 23.3 Å². The maximum Gasteiger partial charge on any atom is 0.128 e. The van der Waals surface area contributed by atoms with Crippen molar-refractivity contribution in [1.82, 2.24) is 4.37 Å². The van der Waals surface area contributed by atoms with Crippen LogP contribution in [0.2, 0.25) is 0 Å². The van der Waals surface area contributed by atoms with E-state index in [4.69, 9.17) is 10.00 Å². The van der Waals surface area contributed by atoms with Crippen molar-refractivity contribution in [1.29, 1.82) is 5.26 Å². The highest BCUT2D eigenvalue weighted by Crippen LogP contribution is 2.34. The Kier molecular flexibility index (Phi) is 3.67. The van der Waals surface area contributed by atoms with E-state index in [1.54, 1.807) is 7.11 Å². The van der Waals surface area contributed by atoms with Crippen LogP contribution in [0.5, 0.6) is 5.75 Å². The number of rotatable bonds is 3. The van der Waals surface area contributed by atoms with Gasteiger partial charge in [-0.05, 0) is 47.6 Å². The molecule has 86 valence electrons. The van der Waals surface area contributed by atoms with E-state index >= 15 is 0 Å². The third-order valence-electron chi connectivity index (χ3n) is 2.32. The highest BCUT2D eigenvalue weighted by atomic mass is 32.2. The molecule has 1 aromatic carbocycles. The van der Waals surface area contributed by atoms with E-state index in [9.17, 15) is 0 Å². The average molecular weight is 262 g/mol. The average Bonchev–Trinajstić information content (AvgIpc) is 2.81. The molecule has 0 saturated carbocycles. The van der Waals surface area contributed by atoms with Crippen LogP contribution in [0.4, 0.5) is 0 Å². The predicted octanol–water partition coefficient (Wildman–Crippen LogP) is 3.41. The van der Waals surface area contributed by atoms with Gasteiger partial charge in [0.05, 0.1) is 12.0 Å². The second-order valence-electron chi connectivity index (χ2n) is 3.24. The SMILES string of the molecule is COc1ccc(-c2snc(SC)c2C#N)cc1. The van der Waals surface area contributed by atoms with Crippen LogP contribution < -0.4 is 4.74 Å². The van der Waals surface area contributed by atoms with E-state index in [1.807, 2.05) is 30.5 Å². The monoisotopic (exact) mass is 262 g/mol. The van der Waals surface area contributed by atoms with E-state index in [-0.39, 0.29) is 0 Å². The molecule has 0 saturated heterocycles. The third kappa shape index (κ3) is 2.28. The molecule has 1 heterocycles. The first-order valence-corrected chi connectivity index (χ1v) is 6.88. The largest absolute Gasteiger partial charge is 0.497 e. The van der Waals surface area contributed by atoms with E-state index in [2.05, 4.69) is 10.4 Å². The van der Waals surface area contributed by atoms with Crippen LogP contribution in [-0.4, -0.2) is 17.7 Å². The smallest absolute Gasteiger partial charge is 0.128 e. The lowest BCUT2D eigenvalue weighted by Gasteiger charge is -2.01. The fraction of sp³-hybridized carbons (Fsp3) is 0.167.